The van der Waals surface area contributed by atoms with Crippen LogP contribution in [0.1, 0.15) is 30.0 Å². The van der Waals surface area contributed by atoms with Crippen molar-refractivity contribution >= 4 is 41.6 Å². The molecule has 0 aromatic heterocycles. The number of amidine groups is 1. The van der Waals surface area contributed by atoms with Gasteiger partial charge >= 0.3 is 5.97 Å². The van der Waals surface area contributed by atoms with Crippen LogP contribution in [0.2, 0.25) is 0 Å². The molecule has 1 unspecified atom stereocenters. The minimum Gasteiger partial charge on any atom is -0.469 e. The number of hydrogen-bond acceptors (Lipinski definition) is 5. The van der Waals surface area contributed by atoms with E-state index in [9.17, 15) is 14.4 Å². The van der Waals surface area contributed by atoms with Crippen LogP contribution in [0.5, 0.6) is 0 Å². The lowest BCUT2D eigenvalue weighted by Crippen LogP contribution is -2.38. The quantitative estimate of drug-likeness (QED) is 0.316. The standard InChI is InChI=1S/C22H23N3O4.ClH/c1-22(16-8-3-14(4-9-16)5-12-19(27)29-2)18(26)13-25(21(22)28)17-10-6-15(7-11-17)20(23)24;/h3-4,6-11H,5,12-13H2,1-2H3,(H3,23,24);1H. The summed E-state index contributed by atoms with van der Waals surface area (Å²) < 4.78 is 4.64. The van der Waals surface area contributed by atoms with Crippen molar-refractivity contribution in [3.05, 3.63) is 65.2 Å². The molecule has 3 rings (SSSR count). The number of methoxy groups -OCH3 is 1. The molecule has 1 saturated heterocycles. The summed E-state index contributed by atoms with van der Waals surface area (Å²) in [5.41, 5.74) is 6.90. The average molecular weight is 430 g/mol. The van der Waals surface area contributed by atoms with E-state index in [1.807, 2.05) is 12.1 Å². The molecule has 1 fully saturated rings. The van der Waals surface area contributed by atoms with Crippen molar-refractivity contribution in [1.82, 2.24) is 0 Å². The Morgan fingerprint density at radius 1 is 1.13 bits per heavy atom. The molecular weight excluding hydrogens is 406 g/mol. The number of carbonyl (C=O) groups excluding carboxylic acids is 3. The maximum absolute atomic E-state index is 13.2. The van der Waals surface area contributed by atoms with Crippen LogP contribution in [0.4, 0.5) is 5.69 Å². The Morgan fingerprint density at radius 2 is 1.73 bits per heavy atom. The van der Waals surface area contributed by atoms with E-state index in [2.05, 4.69) is 4.74 Å². The van der Waals surface area contributed by atoms with Crippen molar-refractivity contribution in [3.8, 4) is 0 Å². The smallest absolute Gasteiger partial charge is 0.305 e. The van der Waals surface area contributed by atoms with Crippen LogP contribution < -0.4 is 10.6 Å². The number of nitrogens with zero attached hydrogens (tertiary/aromatic N) is 1. The molecule has 0 spiro atoms. The zero-order valence-corrected chi connectivity index (χ0v) is 17.6. The molecule has 1 amide bonds. The van der Waals surface area contributed by atoms with Crippen LogP contribution in [0.3, 0.4) is 0 Å². The number of nitrogens with two attached hydrogens (primary N) is 1. The lowest BCUT2D eigenvalue weighted by Gasteiger charge is -2.23. The van der Waals surface area contributed by atoms with Crippen LogP contribution in [0, 0.1) is 5.41 Å². The van der Waals surface area contributed by atoms with E-state index in [1.54, 1.807) is 43.3 Å². The molecule has 1 aliphatic heterocycles. The molecule has 1 aliphatic rings. The zero-order valence-electron chi connectivity index (χ0n) is 16.8. The van der Waals surface area contributed by atoms with E-state index in [0.29, 0.717) is 23.2 Å². The first kappa shape index (κ1) is 23.1. The zero-order chi connectivity index (χ0) is 21.2. The number of ketones is 1. The molecule has 7 nitrogen and oxygen atoms in total. The molecule has 0 bridgehead atoms. The fraction of sp³-hybridized carbons (Fsp3) is 0.273. The first-order valence-electron chi connectivity index (χ1n) is 9.23. The molecule has 3 N–H and O–H groups in total. The molecule has 8 heteroatoms. The molecule has 158 valence electrons. The summed E-state index contributed by atoms with van der Waals surface area (Å²) in [6.07, 6.45) is 0.801. The van der Waals surface area contributed by atoms with Gasteiger partial charge in [-0.1, -0.05) is 24.3 Å². The monoisotopic (exact) mass is 429 g/mol. The minimum atomic E-state index is -1.26. The van der Waals surface area contributed by atoms with Crippen LogP contribution in [-0.2, 0) is 31.0 Å². The third kappa shape index (κ3) is 4.21. The molecule has 1 atom stereocenters. The SMILES string of the molecule is COC(=O)CCc1ccc(C2(C)C(=O)CN(c3ccc(C(=N)N)cc3)C2=O)cc1.Cl. The number of hydrogen-bond donors (Lipinski definition) is 2. The van der Waals surface area contributed by atoms with Crippen LogP contribution in [0.15, 0.2) is 48.5 Å². The van der Waals surface area contributed by atoms with Gasteiger partial charge in [0.1, 0.15) is 11.3 Å². The third-order valence-corrected chi connectivity index (χ3v) is 5.40. The molecule has 2 aromatic rings. The van der Waals surface area contributed by atoms with Gasteiger partial charge in [0.25, 0.3) is 0 Å². The molecule has 2 aromatic carbocycles. The van der Waals surface area contributed by atoms with Crippen LogP contribution >= 0.6 is 12.4 Å². The van der Waals surface area contributed by atoms with Crippen molar-refractivity contribution in [2.75, 3.05) is 18.6 Å². The van der Waals surface area contributed by atoms with Gasteiger partial charge in [0.05, 0.1) is 13.7 Å². The van der Waals surface area contributed by atoms with Crippen molar-refractivity contribution in [1.29, 1.82) is 5.41 Å². The fourth-order valence-electron chi connectivity index (χ4n) is 3.43. The second kappa shape index (κ2) is 9.09. The number of anilines is 1. The minimum absolute atomic E-state index is 0. The Labute approximate surface area is 181 Å². The van der Waals surface area contributed by atoms with E-state index in [4.69, 9.17) is 11.1 Å². The Morgan fingerprint density at radius 3 is 2.27 bits per heavy atom. The summed E-state index contributed by atoms with van der Waals surface area (Å²) >= 11 is 0. The lowest BCUT2D eigenvalue weighted by atomic mass is 9.79. The lowest BCUT2D eigenvalue weighted by molar-refractivity contribution is -0.140. The molecule has 0 radical (unpaired) electrons. The van der Waals surface area contributed by atoms with Gasteiger partial charge < -0.3 is 15.4 Å². The predicted molar refractivity (Wildman–Crippen MR) is 116 cm³/mol. The number of benzene rings is 2. The number of nitrogens with one attached hydrogen (secondary N) is 1. The maximum atomic E-state index is 13.2. The largest absolute Gasteiger partial charge is 0.469 e. The number of ether oxygens (including phenoxy) is 1. The van der Waals surface area contributed by atoms with Gasteiger partial charge in [-0.05, 0) is 48.7 Å². The van der Waals surface area contributed by atoms with E-state index in [-0.39, 0.29) is 48.9 Å². The summed E-state index contributed by atoms with van der Waals surface area (Å²) in [5.74, 6) is -0.813. The first-order chi connectivity index (χ1) is 13.8. The number of rotatable bonds is 6. The Bertz CT molecular complexity index is 973. The summed E-state index contributed by atoms with van der Waals surface area (Å²) in [6.45, 7) is 1.63. The topological polar surface area (TPSA) is 114 Å². The van der Waals surface area contributed by atoms with Crippen LogP contribution in [-0.4, -0.2) is 37.1 Å². The van der Waals surface area contributed by atoms with Crippen molar-refractivity contribution in [2.24, 2.45) is 5.73 Å². The molecule has 0 aliphatic carbocycles. The number of esters is 1. The summed E-state index contributed by atoms with van der Waals surface area (Å²) in [5, 5.41) is 7.46. The number of nitrogen functional groups attached to an aromatic ring is 1. The average Bonchev–Trinajstić information content (AvgIpc) is 2.97. The number of carbonyl (C=O) groups is 3. The number of Topliss-reactive ketones (excluding diaryl/α,β-unsaturated/α-hetero) is 1. The van der Waals surface area contributed by atoms with Gasteiger partial charge in [-0.25, -0.2) is 0 Å². The van der Waals surface area contributed by atoms with E-state index in [1.165, 1.54) is 12.0 Å². The number of amides is 1. The molecule has 1 heterocycles. The van der Waals surface area contributed by atoms with Gasteiger partial charge in [0, 0.05) is 17.7 Å². The predicted octanol–water partition coefficient (Wildman–Crippen LogP) is 2.37. The van der Waals surface area contributed by atoms with Crippen molar-refractivity contribution in [2.45, 2.75) is 25.2 Å². The van der Waals surface area contributed by atoms with E-state index in [0.717, 1.165) is 5.56 Å². The van der Waals surface area contributed by atoms with Gasteiger partial charge in [-0.2, -0.15) is 0 Å². The number of halogens is 1. The Hall–Kier alpha value is -3.19. The van der Waals surface area contributed by atoms with Gasteiger partial charge in [0.15, 0.2) is 5.78 Å². The summed E-state index contributed by atoms with van der Waals surface area (Å²) in [7, 11) is 1.35. The Kier molecular flexibility index (Phi) is 7.00. The van der Waals surface area contributed by atoms with E-state index < -0.39 is 5.41 Å². The normalized spacial score (nSPS) is 18.1. The first-order valence-corrected chi connectivity index (χ1v) is 9.23. The highest BCUT2D eigenvalue weighted by molar-refractivity contribution is 6.24. The maximum Gasteiger partial charge on any atom is 0.305 e. The highest BCUT2D eigenvalue weighted by Gasteiger charge is 2.51. The fourth-order valence-corrected chi connectivity index (χ4v) is 3.43. The summed E-state index contributed by atoms with van der Waals surface area (Å²) in [4.78, 5) is 38.7. The molecular formula is C22H24ClN3O4. The second-order valence-electron chi connectivity index (χ2n) is 7.17. The van der Waals surface area contributed by atoms with E-state index >= 15 is 0 Å². The van der Waals surface area contributed by atoms with Crippen molar-refractivity contribution in [3.63, 3.8) is 0 Å². The van der Waals surface area contributed by atoms with Crippen molar-refractivity contribution < 1.29 is 19.1 Å². The molecule has 0 saturated carbocycles. The Balaban J connectivity index is 0.00000320. The van der Waals surface area contributed by atoms with Crippen LogP contribution in [0.25, 0.3) is 0 Å². The molecule has 30 heavy (non-hydrogen) atoms. The second-order valence-corrected chi connectivity index (χ2v) is 7.17. The van der Waals surface area contributed by atoms with Gasteiger partial charge in [-0.3, -0.25) is 19.8 Å². The van der Waals surface area contributed by atoms with Gasteiger partial charge in [-0.15, -0.1) is 12.4 Å². The third-order valence-electron chi connectivity index (χ3n) is 5.40. The number of aryl methyl sites for hydroxylation is 1. The highest BCUT2D eigenvalue weighted by Crippen LogP contribution is 2.35. The summed E-state index contributed by atoms with van der Waals surface area (Å²) in [6, 6.07) is 13.9. The van der Waals surface area contributed by atoms with Gasteiger partial charge in [0.2, 0.25) is 5.91 Å². The highest BCUT2D eigenvalue weighted by atomic mass is 35.5.